The zero-order valence-electron chi connectivity index (χ0n) is 14.7. The van der Waals surface area contributed by atoms with Gasteiger partial charge in [-0.15, -0.1) is 21.5 Å². The summed E-state index contributed by atoms with van der Waals surface area (Å²) in [5.41, 5.74) is 3.02. The second-order valence-corrected chi connectivity index (χ2v) is 8.19. The van der Waals surface area contributed by atoms with Crippen LogP contribution >= 0.6 is 34.7 Å². The first-order valence-corrected chi connectivity index (χ1v) is 10.4. The highest BCUT2D eigenvalue weighted by Crippen LogP contribution is 2.31. The number of carbonyl (C=O) groups is 1. The van der Waals surface area contributed by atoms with Crippen LogP contribution in [0.15, 0.2) is 34.8 Å². The molecule has 0 bridgehead atoms. The van der Waals surface area contributed by atoms with Gasteiger partial charge < -0.3 is 9.88 Å². The summed E-state index contributed by atoms with van der Waals surface area (Å²) in [5.74, 6) is 1.01. The third-order valence-electron chi connectivity index (χ3n) is 4.00. The standard InChI is InChI=1S/C18H19ClN4OS2/c1-4-23-17(15-9-25-12(3)11(15)2)21-22-18(23)26-10-16(24)20-14-7-5-6-13(19)8-14/h5-9H,4,10H2,1-3H3,(H,20,24). The molecule has 0 fully saturated rings. The molecule has 0 aliphatic heterocycles. The van der Waals surface area contributed by atoms with Crippen molar-refractivity contribution in [3.8, 4) is 11.4 Å². The molecule has 0 atom stereocenters. The first-order chi connectivity index (χ1) is 12.5. The zero-order valence-corrected chi connectivity index (χ0v) is 17.1. The molecule has 3 aromatic rings. The topological polar surface area (TPSA) is 59.8 Å². The van der Waals surface area contributed by atoms with E-state index in [1.165, 1.54) is 22.2 Å². The Kier molecular flexibility index (Phi) is 6.01. The maximum Gasteiger partial charge on any atom is 0.234 e. The minimum Gasteiger partial charge on any atom is -0.325 e. The van der Waals surface area contributed by atoms with Crippen molar-refractivity contribution in [2.75, 3.05) is 11.1 Å². The molecule has 1 amide bonds. The molecule has 0 saturated carbocycles. The largest absolute Gasteiger partial charge is 0.325 e. The number of rotatable bonds is 6. The van der Waals surface area contributed by atoms with E-state index in [0.717, 1.165) is 23.1 Å². The van der Waals surface area contributed by atoms with Crippen LogP contribution in [0.3, 0.4) is 0 Å². The van der Waals surface area contributed by atoms with Crippen LogP contribution < -0.4 is 5.32 Å². The van der Waals surface area contributed by atoms with Crippen LogP contribution in [0.1, 0.15) is 17.4 Å². The van der Waals surface area contributed by atoms with E-state index in [9.17, 15) is 4.79 Å². The van der Waals surface area contributed by atoms with Gasteiger partial charge in [0.15, 0.2) is 11.0 Å². The van der Waals surface area contributed by atoms with Crippen LogP contribution in [-0.4, -0.2) is 26.4 Å². The third-order valence-corrected chi connectivity index (χ3v) is 6.22. The highest BCUT2D eigenvalue weighted by atomic mass is 35.5. The summed E-state index contributed by atoms with van der Waals surface area (Å²) in [6, 6.07) is 7.10. The lowest BCUT2D eigenvalue weighted by molar-refractivity contribution is -0.113. The number of carbonyl (C=O) groups excluding carboxylic acids is 1. The molecular weight excluding hydrogens is 388 g/mol. The second-order valence-electron chi connectivity index (χ2n) is 5.73. The molecule has 2 aromatic heterocycles. The number of aromatic nitrogens is 3. The molecule has 0 aliphatic carbocycles. The first-order valence-electron chi connectivity index (χ1n) is 8.16. The maximum atomic E-state index is 12.2. The normalized spacial score (nSPS) is 10.9. The molecule has 1 N–H and O–H groups in total. The number of benzene rings is 1. The van der Waals surface area contributed by atoms with E-state index in [0.29, 0.717) is 10.7 Å². The summed E-state index contributed by atoms with van der Waals surface area (Å²) >= 11 is 9.03. The van der Waals surface area contributed by atoms with E-state index in [1.54, 1.807) is 29.5 Å². The van der Waals surface area contributed by atoms with E-state index in [4.69, 9.17) is 11.6 Å². The summed E-state index contributed by atoms with van der Waals surface area (Å²) in [5, 5.41) is 14.9. The van der Waals surface area contributed by atoms with Gasteiger partial charge in [0.1, 0.15) is 0 Å². The Labute approximate surface area is 165 Å². The number of nitrogens with zero attached hydrogens (tertiary/aromatic N) is 3. The van der Waals surface area contributed by atoms with Crippen molar-refractivity contribution in [1.29, 1.82) is 0 Å². The van der Waals surface area contributed by atoms with Crippen molar-refractivity contribution in [1.82, 2.24) is 14.8 Å². The second kappa shape index (κ2) is 8.24. The van der Waals surface area contributed by atoms with E-state index in [1.807, 2.05) is 10.6 Å². The van der Waals surface area contributed by atoms with Gasteiger partial charge in [-0.2, -0.15) is 0 Å². The quantitative estimate of drug-likeness (QED) is 0.583. The molecule has 3 rings (SSSR count). The highest BCUT2D eigenvalue weighted by Gasteiger charge is 2.17. The van der Waals surface area contributed by atoms with Crippen molar-refractivity contribution >= 4 is 46.3 Å². The van der Waals surface area contributed by atoms with Crippen LogP contribution in [0.5, 0.6) is 0 Å². The minimum absolute atomic E-state index is 0.105. The number of thiophene rings is 1. The van der Waals surface area contributed by atoms with Gasteiger partial charge in [-0.3, -0.25) is 4.79 Å². The SMILES string of the molecule is CCn1c(SCC(=O)Nc2cccc(Cl)c2)nnc1-c1csc(C)c1C. The number of halogens is 1. The summed E-state index contributed by atoms with van der Waals surface area (Å²) < 4.78 is 2.05. The monoisotopic (exact) mass is 406 g/mol. The highest BCUT2D eigenvalue weighted by molar-refractivity contribution is 7.99. The molecule has 0 saturated heterocycles. The Hall–Kier alpha value is -1.83. The van der Waals surface area contributed by atoms with E-state index in [-0.39, 0.29) is 11.7 Å². The molecule has 2 heterocycles. The maximum absolute atomic E-state index is 12.2. The number of nitrogens with one attached hydrogen (secondary N) is 1. The molecule has 0 spiro atoms. The predicted molar refractivity (Wildman–Crippen MR) is 109 cm³/mol. The van der Waals surface area contributed by atoms with Crippen molar-refractivity contribution < 1.29 is 4.79 Å². The lowest BCUT2D eigenvalue weighted by Gasteiger charge is -2.08. The van der Waals surface area contributed by atoms with Gasteiger partial charge in [0.2, 0.25) is 5.91 Å². The van der Waals surface area contributed by atoms with Gasteiger partial charge in [-0.05, 0) is 44.5 Å². The Balaban J connectivity index is 1.70. The molecule has 0 unspecified atom stereocenters. The van der Waals surface area contributed by atoms with Crippen molar-refractivity contribution in [2.24, 2.45) is 0 Å². The van der Waals surface area contributed by atoms with Crippen LogP contribution in [-0.2, 0) is 11.3 Å². The van der Waals surface area contributed by atoms with Gasteiger partial charge in [-0.1, -0.05) is 29.4 Å². The van der Waals surface area contributed by atoms with Crippen LogP contribution in [0.25, 0.3) is 11.4 Å². The first kappa shape index (κ1) is 18.9. The van der Waals surface area contributed by atoms with Gasteiger partial charge in [0.25, 0.3) is 0 Å². The van der Waals surface area contributed by atoms with E-state index in [2.05, 4.69) is 41.7 Å². The summed E-state index contributed by atoms with van der Waals surface area (Å²) in [4.78, 5) is 13.5. The number of anilines is 1. The van der Waals surface area contributed by atoms with Crippen LogP contribution in [0.4, 0.5) is 5.69 Å². The summed E-state index contributed by atoms with van der Waals surface area (Å²) in [6.07, 6.45) is 0. The average molecular weight is 407 g/mol. The number of hydrogen-bond donors (Lipinski definition) is 1. The van der Waals surface area contributed by atoms with Crippen molar-refractivity contribution in [3.63, 3.8) is 0 Å². The molecule has 0 radical (unpaired) electrons. The molecule has 26 heavy (non-hydrogen) atoms. The van der Waals surface area contributed by atoms with Gasteiger partial charge in [0.05, 0.1) is 5.75 Å². The smallest absolute Gasteiger partial charge is 0.234 e. The summed E-state index contributed by atoms with van der Waals surface area (Å²) in [7, 11) is 0. The molecule has 8 heteroatoms. The van der Waals surface area contributed by atoms with Crippen molar-refractivity contribution in [3.05, 3.63) is 45.1 Å². The Morgan fingerprint density at radius 2 is 2.15 bits per heavy atom. The van der Waals surface area contributed by atoms with Crippen molar-refractivity contribution in [2.45, 2.75) is 32.5 Å². The minimum atomic E-state index is -0.105. The Bertz CT molecular complexity index is 935. The van der Waals surface area contributed by atoms with Crippen LogP contribution in [0.2, 0.25) is 5.02 Å². The lowest BCUT2D eigenvalue weighted by Crippen LogP contribution is -2.14. The fraction of sp³-hybridized carbons (Fsp3) is 0.278. The molecule has 136 valence electrons. The lowest BCUT2D eigenvalue weighted by atomic mass is 10.1. The van der Waals surface area contributed by atoms with E-state index >= 15 is 0 Å². The number of aryl methyl sites for hydroxylation is 1. The fourth-order valence-electron chi connectivity index (χ4n) is 2.51. The summed E-state index contributed by atoms with van der Waals surface area (Å²) in [6.45, 7) is 7.00. The van der Waals surface area contributed by atoms with Crippen LogP contribution in [0, 0.1) is 13.8 Å². The number of thioether (sulfide) groups is 1. The fourth-order valence-corrected chi connectivity index (χ4v) is 4.36. The predicted octanol–water partition coefficient (Wildman–Crippen LogP) is 5.03. The van der Waals surface area contributed by atoms with E-state index < -0.39 is 0 Å². The number of hydrogen-bond acceptors (Lipinski definition) is 5. The molecule has 1 aromatic carbocycles. The molecular formula is C18H19ClN4OS2. The number of amides is 1. The van der Waals surface area contributed by atoms with Gasteiger partial charge in [0, 0.05) is 33.1 Å². The zero-order chi connectivity index (χ0) is 18.7. The Morgan fingerprint density at radius 1 is 1.35 bits per heavy atom. The van der Waals surface area contributed by atoms with Gasteiger partial charge in [-0.25, -0.2) is 0 Å². The van der Waals surface area contributed by atoms with Gasteiger partial charge >= 0.3 is 0 Å². The Morgan fingerprint density at radius 3 is 2.81 bits per heavy atom. The third kappa shape index (κ3) is 4.11. The average Bonchev–Trinajstić information content (AvgIpc) is 3.16. The molecule has 0 aliphatic rings. The molecule has 5 nitrogen and oxygen atoms in total.